The van der Waals surface area contributed by atoms with Gasteiger partial charge in [-0.05, 0) is 37.0 Å². The normalized spacial score (nSPS) is 17.8. The summed E-state index contributed by atoms with van der Waals surface area (Å²) in [6.07, 6.45) is 2.17. The topological polar surface area (TPSA) is 92.8 Å². The molecule has 1 saturated heterocycles. The van der Waals surface area contributed by atoms with Crippen molar-refractivity contribution in [1.29, 1.82) is 0 Å². The van der Waals surface area contributed by atoms with Crippen LogP contribution in [0.5, 0.6) is 0 Å². The number of amides is 2. The Balaban J connectivity index is 1.61. The van der Waals surface area contributed by atoms with Crippen LogP contribution in [0.3, 0.4) is 0 Å². The first-order valence-electron chi connectivity index (χ1n) is 10.8. The van der Waals surface area contributed by atoms with Gasteiger partial charge in [0.15, 0.2) is 11.9 Å². The zero-order chi connectivity index (χ0) is 22.9. The molecule has 168 valence electrons. The van der Waals surface area contributed by atoms with Gasteiger partial charge in [-0.1, -0.05) is 55.0 Å². The lowest BCUT2D eigenvalue weighted by Crippen LogP contribution is -2.53. The molecular formula is C25H28N2O5. The fraction of sp³-hybridized carbons (Fsp3) is 0.360. The van der Waals surface area contributed by atoms with Crippen molar-refractivity contribution < 1.29 is 23.9 Å². The van der Waals surface area contributed by atoms with Crippen molar-refractivity contribution in [2.75, 3.05) is 7.11 Å². The van der Waals surface area contributed by atoms with E-state index in [-0.39, 0.29) is 24.5 Å². The van der Waals surface area contributed by atoms with Crippen molar-refractivity contribution in [2.24, 2.45) is 0 Å². The highest BCUT2D eigenvalue weighted by atomic mass is 16.5. The number of unbranched alkanes of at least 4 members (excludes halogenated alkanes) is 2. The molecule has 0 aromatic heterocycles. The average Bonchev–Trinajstić information content (AvgIpc) is 3.15. The van der Waals surface area contributed by atoms with Crippen LogP contribution in [0.15, 0.2) is 60.7 Å². The van der Waals surface area contributed by atoms with Crippen molar-refractivity contribution in [2.45, 2.75) is 50.7 Å². The Labute approximate surface area is 187 Å². The van der Waals surface area contributed by atoms with Crippen LogP contribution in [0.2, 0.25) is 0 Å². The van der Waals surface area contributed by atoms with E-state index in [9.17, 15) is 19.2 Å². The molecule has 2 aromatic carbocycles. The second kappa shape index (κ2) is 11.2. The van der Waals surface area contributed by atoms with Gasteiger partial charge in [-0.3, -0.25) is 14.4 Å². The molecule has 1 aliphatic rings. The van der Waals surface area contributed by atoms with Gasteiger partial charge in [0.1, 0.15) is 6.04 Å². The zero-order valence-electron chi connectivity index (χ0n) is 18.2. The summed E-state index contributed by atoms with van der Waals surface area (Å²) in [6, 6.07) is 17.5. The van der Waals surface area contributed by atoms with Crippen LogP contribution < -0.4 is 5.32 Å². The maximum absolute atomic E-state index is 13.0. The first kappa shape index (κ1) is 23.2. The van der Waals surface area contributed by atoms with Gasteiger partial charge in [-0.2, -0.15) is 0 Å². The molecule has 1 unspecified atom stereocenters. The van der Waals surface area contributed by atoms with Crippen molar-refractivity contribution in [3.63, 3.8) is 0 Å². The minimum atomic E-state index is -1.18. The van der Waals surface area contributed by atoms with Gasteiger partial charge in [0.05, 0.1) is 7.11 Å². The number of aryl methyl sites for hydroxylation is 1. The van der Waals surface area contributed by atoms with Gasteiger partial charge >= 0.3 is 5.97 Å². The number of esters is 1. The summed E-state index contributed by atoms with van der Waals surface area (Å²) in [4.78, 5) is 51.6. The smallest absolute Gasteiger partial charge is 0.329 e. The minimum Gasteiger partial charge on any atom is -0.467 e. The van der Waals surface area contributed by atoms with E-state index in [2.05, 4.69) is 17.4 Å². The fourth-order valence-corrected chi connectivity index (χ4v) is 3.89. The highest BCUT2D eigenvalue weighted by Crippen LogP contribution is 2.23. The van der Waals surface area contributed by atoms with E-state index in [1.807, 2.05) is 18.2 Å². The lowest BCUT2D eigenvalue weighted by atomic mass is 10.1. The molecule has 1 heterocycles. The van der Waals surface area contributed by atoms with Gasteiger partial charge in [0, 0.05) is 18.4 Å². The van der Waals surface area contributed by atoms with Crippen LogP contribution in [0.25, 0.3) is 0 Å². The van der Waals surface area contributed by atoms with Crippen molar-refractivity contribution in [3.8, 4) is 0 Å². The number of methoxy groups -OCH3 is 1. The highest BCUT2D eigenvalue weighted by Gasteiger charge is 2.47. The standard InChI is InChI=1S/C25H28N2O5/c1-32-25(31)20-17-21(28)23(26-24(30)19-14-8-4-9-15-19)27(20)22(29)16-10-3-7-13-18-11-5-2-6-12-18/h2,4-6,8-9,11-12,14-15,20,23H,3,7,10,13,16-17H2,1H3,(H,26,30)/t20-,23?/m0/s1. The summed E-state index contributed by atoms with van der Waals surface area (Å²) in [6.45, 7) is 0. The van der Waals surface area contributed by atoms with Gasteiger partial charge < -0.3 is 15.0 Å². The van der Waals surface area contributed by atoms with Gasteiger partial charge in [0.25, 0.3) is 5.91 Å². The number of carbonyl (C=O) groups is 4. The summed E-state index contributed by atoms with van der Waals surface area (Å²) in [5, 5.41) is 2.62. The molecule has 2 amide bonds. The fourth-order valence-electron chi connectivity index (χ4n) is 3.89. The Morgan fingerprint density at radius 1 is 0.969 bits per heavy atom. The van der Waals surface area contributed by atoms with E-state index in [1.165, 1.54) is 17.6 Å². The van der Waals surface area contributed by atoms with Crippen LogP contribution in [0.4, 0.5) is 0 Å². The molecule has 0 spiro atoms. The summed E-state index contributed by atoms with van der Waals surface area (Å²) in [5.41, 5.74) is 1.62. The molecule has 1 fully saturated rings. The number of ether oxygens (including phenoxy) is 1. The number of rotatable bonds is 9. The van der Waals surface area contributed by atoms with Gasteiger partial charge in [0.2, 0.25) is 5.91 Å². The van der Waals surface area contributed by atoms with Gasteiger partial charge in [-0.25, -0.2) is 4.79 Å². The average molecular weight is 437 g/mol. The molecule has 7 heteroatoms. The van der Waals surface area contributed by atoms with Crippen molar-refractivity contribution in [3.05, 3.63) is 71.8 Å². The number of Topliss-reactive ketones (excluding diaryl/α,β-unsaturated/α-hetero) is 1. The van der Waals surface area contributed by atoms with Crippen LogP contribution in [0, 0.1) is 0 Å². The number of benzene rings is 2. The van der Waals surface area contributed by atoms with E-state index in [4.69, 9.17) is 4.74 Å². The predicted octanol–water partition coefficient (Wildman–Crippen LogP) is 2.89. The van der Waals surface area contributed by atoms with Crippen molar-refractivity contribution in [1.82, 2.24) is 10.2 Å². The molecule has 2 atom stereocenters. The molecule has 0 saturated carbocycles. The maximum atomic E-state index is 13.0. The number of nitrogens with zero attached hydrogens (tertiary/aromatic N) is 1. The molecule has 2 aromatic rings. The molecule has 0 radical (unpaired) electrons. The Bertz CT molecular complexity index is 945. The van der Waals surface area contributed by atoms with Crippen LogP contribution in [-0.2, 0) is 25.5 Å². The molecule has 1 aliphatic heterocycles. The Hall–Kier alpha value is -3.48. The molecule has 0 bridgehead atoms. The molecular weight excluding hydrogens is 408 g/mol. The quantitative estimate of drug-likeness (QED) is 0.482. The lowest BCUT2D eigenvalue weighted by molar-refractivity contribution is -0.152. The van der Waals surface area contributed by atoms with Crippen LogP contribution >= 0.6 is 0 Å². The van der Waals surface area contributed by atoms with E-state index < -0.39 is 24.1 Å². The third-order valence-corrected chi connectivity index (χ3v) is 5.58. The number of ketones is 1. The maximum Gasteiger partial charge on any atom is 0.329 e. The lowest BCUT2D eigenvalue weighted by Gasteiger charge is -2.28. The summed E-state index contributed by atoms with van der Waals surface area (Å²) < 4.78 is 4.80. The van der Waals surface area contributed by atoms with Crippen molar-refractivity contribution >= 4 is 23.6 Å². The summed E-state index contributed by atoms with van der Waals surface area (Å²) >= 11 is 0. The number of carbonyl (C=O) groups excluding carboxylic acids is 4. The predicted molar refractivity (Wildman–Crippen MR) is 119 cm³/mol. The number of likely N-dealkylation sites (tertiary alicyclic amines) is 1. The van der Waals surface area contributed by atoms with E-state index >= 15 is 0 Å². The summed E-state index contributed by atoms with van der Waals surface area (Å²) in [7, 11) is 1.22. The monoisotopic (exact) mass is 436 g/mol. The number of hydrogen-bond donors (Lipinski definition) is 1. The van der Waals surface area contributed by atoms with Crippen LogP contribution in [0.1, 0.15) is 48.0 Å². The second-order valence-corrected chi connectivity index (χ2v) is 7.80. The van der Waals surface area contributed by atoms with E-state index in [0.717, 1.165) is 19.3 Å². The Morgan fingerprint density at radius 3 is 2.28 bits per heavy atom. The second-order valence-electron chi connectivity index (χ2n) is 7.80. The number of nitrogens with one attached hydrogen (secondary N) is 1. The largest absolute Gasteiger partial charge is 0.467 e. The van der Waals surface area contributed by atoms with E-state index in [0.29, 0.717) is 12.0 Å². The molecule has 3 rings (SSSR count). The minimum absolute atomic E-state index is 0.174. The molecule has 1 N–H and O–H groups in total. The first-order chi connectivity index (χ1) is 15.5. The molecule has 32 heavy (non-hydrogen) atoms. The third-order valence-electron chi connectivity index (χ3n) is 5.58. The van der Waals surface area contributed by atoms with E-state index in [1.54, 1.807) is 30.3 Å². The zero-order valence-corrected chi connectivity index (χ0v) is 18.2. The molecule has 0 aliphatic carbocycles. The summed E-state index contributed by atoms with van der Waals surface area (Å²) in [5.74, 6) is -1.87. The van der Waals surface area contributed by atoms with Crippen LogP contribution in [-0.4, -0.2) is 47.8 Å². The number of hydrogen-bond acceptors (Lipinski definition) is 5. The van der Waals surface area contributed by atoms with Gasteiger partial charge in [-0.15, -0.1) is 0 Å². The highest BCUT2D eigenvalue weighted by molar-refractivity contribution is 6.03. The Kier molecular flexibility index (Phi) is 8.14. The SMILES string of the molecule is COC(=O)[C@@H]1CC(=O)C(NC(=O)c2ccccc2)N1C(=O)CCCCCc1ccccc1. The Morgan fingerprint density at radius 2 is 1.62 bits per heavy atom. The molecule has 7 nitrogen and oxygen atoms in total. The first-order valence-corrected chi connectivity index (χ1v) is 10.8. The third kappa shape index (κ3) is 5.81.